The molecule has 4 aliphatic heterocycles. The van der Waals surface area contributed by atoms with Gasteiger partial charge in [0, 0.05) is 30.7 Å². The molecule has 0 aromatic carbocycles. The summed E-state index contributed by atoms with van der Waals surface area (Å²) in [6.07, 6.45) is 8.58. The first-order chi connectivity index (χ1) is 9.33. The van der Waals surface area contributed by atoms with Crippen molar-refractivity contribution in [2.75, 3.05) is 26.2 Å². The lowest BCUT2D eigenvalue weighted by atomic mass is 9.88. The molecule has 0 radical (unpaired) electrons. The Morgan fingerprint density at radius 1 is 1.05 bits per heavy atom. The Hall–Kier alpha value is -0.120. The monoisotopic (exact) mass is 263 g/mol. The molecule has 4 rings (SSSR count). The molecule has 0 aliphatic carbocycles. The molecule has 4 fully saturated rings. The predicted octanol–water partition coefficient (Wildman–Crippen LogP) is 1.69. The third kappa shape index (κ3) is 2.24. The van der Waals surface area contributed by atoms with Crippen LogP contribution in [-0.4, -0.2) is 60.1 Å². The number of piperidine rings is 2. The van der Waals surface area contributed by atoms with E-state index in [0.29, 0.717) is 0 Å². The average molecular weight is 263 g/mol. The van der Waals surface area contributed by atoms with Crippen molar-refractivity contribution < 1.29 is 0 Å². The van der Waals surface area contributed by atoms with Crippen LogP contribution in [-0.2, 0) is 0 Å². The Morgan fingerprint density at radius 3 is 2.53 bits per heavy atom. The van der Waals surface area contributed by atoms with Gasteiger partial charge in [-0.05, 0) is 64.1 Å². The quantitative estimate of drug-likeness (QED) is 0.836. The highest BCUT2D eigenvalue weighted by Crippen LogP contribution is 2.36. The summed E-state index contributed by atoms with van der Waals surface area (Å²) in [4.78, 5) is 5.60. The van der Waals surface area contributed by atoms with Gasteiger partial charge in [0.05, 0.1) is 0 Å². The van der Waals surface area contributed by atoms with E-state index < -0.39 is 0 Å². The Morgan fingerprint density at radius 2 is 1.79 bits per heavy atom. The molecule has 0 aromatic heterocycles. The van der Waals surface area contributed by atoms with Crippen molar-refractivity contribution in [1.82, 2.24) is 15.1 Å². The summed E-state index contributed by atoms with van der Waals surface area (Å²) in [6, 6.07) is 3.44. The normalized spacial score (nSPS) is 48.9. The second-order valence-electron chi connectivity index (χ2n) is 7.30. The predicted molar refractivity (Wildman–Crippen MR) is 78.3 cm³/mol. The molecule has 0 saturated carbocycles. The molecule has 108 valence electrons. The first kappa shape index (κ1) is 12.6. The van der Waals surface area contributed by atoms with Crippen LogP contribution in [0.4, 0.5) is 0 Å². The number of rotatable bonds is 3. The molecule has 4 saturated heterocycles. The van der Waals surface area contributed by atoms with Crippen LogP contribution in [0.1, 0.15) is 45.4 Å². The standard InChI is InChI=1S/C16H29N3/c1-2-19(15-9-13-3-4-14(10-15)17-13)16-6-8-18-7-5-12(16)11-18/h12-17H,2-11H2,1H3. The molecule has 4 bridgehead atoms. The van der Waals surface area contributed by atoms with Crippen molar-refractivity contribution in [1.29, 1.82) is 0 Å². The molecule has 0 amide bonds. The third-order valence-corrected chi connectivity index (χ3v) is 6.30. The maximum atomic E-state index is 3.80. The van der Waals surface area contributed by atoms with Crippen LogP contribution in [0.15, 0.2) is 0 Å². The Kier molecular flexibility index (Phi) is 3.33. The zero-order valence-electron chi connectivity index (χ0n) is 12.4. The van der Waals surface area contributed by atoms with Gasteiger partial charge in [-0.3, -0.25) is 4.90 Å². The van der Waals surface area contributed by atoms with Gasteiger partial charge in [-0.2, -0.15) is 0 Å². The van der Waals surface area contributed by atoms with Crippen molar-refractivity contribution >= 4 is 0 Å². The van der Waals surface area contributed by atoms with E-state index in [-0.39, 0.29) is 0 Å². The number of nitrogens with one attached hydrogen (secondary N) is 1. The lowest BCUT2D eigenvalue weighted by Crippen LogP contribution is -2.55. The second kappa shape index (κ2) is 5.01. The number of fused-ring (bicyclic) bond motifs is 4. The lowest BCUT2D eigenvalue weighted by molar-refractivity contribution is 0.0452. The largest absolute Gasteiger partial charge is 0.311 e. The molecule has 0 aromatic rings. The fourth-order valence-corrected chi connectivity index (χ4v) is 5.43. The Bertz CT molecular complexity index is 320. The molecule has 4 heterocycles. The molecular weight excluding hydrogens is 234 g/mol. The van der Waals surface area contributed by atoms with E-state index in [9.17, 15) is 0 Å². The molecule has 5 unspecified atom stereocenters. The number of hydrogen-bond donors (Lipinski definition) is 1. The molecular formula is C16H29N3. The van der Waals surface area contributed by atoms with E-state index in [4.69, 9.17) is 0 Å². The van der Waals surface area contributed by atoms with E-state index >= 15 is 0 Å². The van der Waals surface area contributed by atoms with Gasteiger partial charge in [0.25, 0.3) is 0 Å². The van der Waals surface area contributed by atoms with Crippen LogP contribution >= 0.6 is 0 Å². The van der Waals surface area contributed by atoms with Crippen LogP contribution < -0.4 is 5.32 Å². The smallest absolute Gasteiger partial charge is 0.0151 e. The number of hydrogen-bond acceptors (Lipinski definition) is 3. The Labute approximate surface area is 117 Å². The Balaban J connectivity index is 1.48. The number of nitrogens with zero attached hydrogens (tertiary/aromatic N) is 2. The molecule has 1 N–H and O–H groups in total. The molecule has 19 heavy (non-hydrogen) atoms. The zero-order chi connectivity index (χ0) is 12.8. The summed E-state index contributed by atoms with van der Waals surface area (Å²) in [5.74, 6) is 0.973. The summed E-state index contributed by atoms with van der Waals surface area (Å²) in [7, 11) is 0. The summed E-state index contributed by atoms with van der Waals surface area (Å²) >= 11 is 0. The fourth-order valence-electron chi connectivity index (χ4n) is 5.43. The van der Waals surface area contributed by atoms with Gasteiger partial charge in [0.1, 0.15) is 0 Å². The van der Waals surface area contributed by atoms with Gasteiger partial charge >= 0.3 is 0 Å². The van der Waals surface area contributed by atoms with Crippen LogP contribution in [0, 0.1) is 5.92 Å². The molecule has 3 heteroatoms. The summed E-state index contributed by atoms with van der Waals surface area (Å²) in [5, 5.41) is 3.80. The third-order valence-electron chi connectivity index (χ3n) is 6.30. The van der Waals surface area contributed by atoms with Crippen molar-refractivity contribution in [2.45, 2.75) is 69.6 Å². The van der Waals surface area contributed by atoms with E-state index in [1.165, 1.54) is 64.7 Å². The van der Waals surface area contributed by atoms with Gasteiger partial charge in [-0.1, -0.05) is 6.92 Å². The molecule has 3 nitrogen and oxygen atoms in total. The van der Waals surface area contributed by atoms with Crippen LogP contribution in [0.5, 0.6) is 0 Å². The lowest BCUT2D eigenvalue weighted by Gasteiger charge is -2.45. The minimum atomic E-state index is 0.835. The van der Waals surface area contributed by atoms with E-state index in [1.807, 2.05) is 0 Å². The summed E-state index contributed by atoms with van der Waals surface area (Å²) in [6.45, 7) is 7.78. The molecule has 4 aliphatic rings. The summed E-state index contributed by atoms with van der Waals surface area (Å²) in [5.41, 5.74) is 0. The first-order valence-electron chi connectivity index (χ1n) is 8.57. The highest BCUT2D eigenvalue weighted by molar-refractivity contribution is 4.99. The van der Waals surface area contributed by atoms with Gasteiger partial charge < -0.3 is 10.2 Å². The van der Waals surface area contributed by atoms with Crippen molar-refractivity contribution in [3.63, 3.8) is 0 Å². The van der Waals surface area contributed by atoms with E-state index in [0.717, 1.165) is 30.1 Å². The van der Waals surface area contributed by atoms with Crippen LogP contribution in [0.25, 0.3) is 0 Å². The maximum absolute atomic E-state index is 3.80. The fraction of sp³-hybridized carbons (Fsp3) is 1.00. The highest BCUT2D eigenvalue weighted by Gasteiger charge is 2.42. The van der Waals surface area contributed by atoms with Gasteiger partial charge in [0.2, 0.25) is 0 Å². The SMILES string of the molecule is CCN(C1CC2CCC(C1)N2)C1CCN2CCC1C2. The van der Waals surface area contributed by atoms with Crippen LogP contribution in [0.2, 0.25) is 0 Å². The maximum Gasteiger partial charge on any atom is 0.0151 e. The summed E-state index contributed by atoms with van der Waals surface area (Å²) < 4.78 is 0. The highest BCUT2D eigenvalue weighted by atomic mass is 15.3. The van der Waals surface area contributed by atoms with Crippen molar-refractivity contribution in [3.8, 4) is 0 Å². The minimum Gasteiger partial charge on any atom is -0.311 e. The van der Waals surface area contributed by atoms with E-state index in [2.05, 4.69) is 22.0 Å². The first-order valence-corrected chi connectivity index (χ1v) is 8.57. The molecule has 0 spiro atoms. The van der Waals surface area contributed by atoms with Crippen molar-refractivity contribution in [3.05, 3.63) is 0 Å². The topological polar surface area (TPSA) is 18.5 Å². The average Bonchev–Trinajstić information content (AvgIpc) is 2.97. The zero-order valence-corrected chi connectivity index (χ0v) is 12.4. The minimum absolute atomic E-state index is 0.835. The van der Waals surface area contributed by atoms with Gasteiger partial charge in [-0.25, -0.2) is 0 Å². The van der Waals surface area contributed by atoms with Crippen molar-refractivity contribution in [2.24, 2.45) is 5.92 Å². The van der Waals surface area contributed by atoms with Gasteiger partial charge in [0.15, 0.2) is 0 Å². The second-order valence-corrected chi connectivity index (χ2v) is 7.30. The molecule has 5 atom stereocenters. The van der Waals surface area contributed by atoms with E-state index in [1.54, 1.807) is 0 Å². The van der Waals surface area contributed by atoms with Gasteiger partial charge in [-0.15, -0.1) is 0 Å². The van der Waals surface area contributed by atoms with Crippen LogP contribution in [0.3, 0.4) is 0 Å².